The molecule has 6 aromatic carbocycles. The van der Waals surface area contributed by atoms with E-state index in [9.17, 15) is 15.8 Å². The summed E-state index contributed by atoms with van der Waals surface area (Å²) in [4.78, 5) is 39.8. The first-order valence-electron chi connectivity index (χ1n) is 39.4. The van der Waals surface area contributed by atoms with Gasteiger partial charge in [0.25, 0.3) is 0 Å². The molecule has 4 N–H and O–H groups in total. The van der Waals surface area contributed by atoms with Crippen molar-refractivity contribution >= 4 is 92.7 Å². The van der Waals surface area contributed by atoms with Crippen molar-refractivity contribution in [2.75, 3.05) is 0 Å². The zero-order valence-corrected chi connectivity index (χ0v) is 68.5. The number of hydrogen-bond donors (Lipinski definition) is 4. The molecule has 562 valence electrons. The van der Waals surface area contributed by atoms with Gasteiger partial charge < -0.3 is 19.9 Å². The molecule has 6 aromatic heterocycles. The largest absolute Gasteiger partial charge is 0.354 e. The summed E-state index contributed by atoms with van der Waals surface area (Å²) in [6, 6.07) is 68.7. The van der Waals surface area contributed by atoms with Gasteiger partial charge in [0.1, 0.15) is 0 Å². The van der Waals surface area contributed by atoms with Crippen LogP contribution in [-0.4, -0.2) is 39.9 Å². The Balaban J connectivity index is 1.12. The second-order valence-electron chi connectivity index (χ2n) is 37.0. The molecule has 0 saturated carbocycles. The first-order chi connectivity index (χ1) is 54.1. The van der Waals surface area contributed by atoms with Crippen molar-refractivity contribution in [3.05, 3.63) is 272 Å². The number of nitrogens with one attached hydrogen (secondary N) is 4. The number of rotatable bonds is 7. The first-order valence-corrected chi connectivity index (χ1v) is 39.4. The number of fused-ring (bicyclic) bond motifs is 16. The molecule has 0 atom stereocenters. The average molecular weight is 1490 g/mol. The average Bonchev–Trinajstić information content (AvgIpc) is 1.58. The molecule has 11 nitrogen and oxygen atoms in total. The van der Waals surface area contributed by atoms with Crippen molar-refractivity contribution in [2.24, 2.45) is 0 Å². The summed E-state index contributed by atoms with van der Waals surface area (Å²) in [6.45, 7) is 41.3. The number of benzene rings is 6. The van der Waals surface area contributed by atoms with E-state index in [1.54, 1.807) is 0 Å². The molecular formula is C103H95N11. The van der Waals surface area contributed by atoms with Crippen LogP contribution in [0.2, 0.25) is 0 Å². The summed E-state index contributed by atoms with van der Waals surface area (Å²) in [7, 11) is 0. The number of nitriles is 3. The van der Waals surface area contributed by atoms with Crippen LogP contribution in [0.15, 0.2) is 176 Å². The molecule has 11 heteroatoms. The van der Waals surface area contributed by atoms with Gasteiger partial charge in [-0.2, -0.15) is 15.8 Å². The minimum Gasteiger partial charge on any atom is -0.354 e. The van der Waals surface area contributed by atoms with Crippen LogP contribution >= 0.6 is 0 Å². The van der Waals surface area contributed by atoms with Crippen LogP contribution in [0.3, 0.4) is 0 Å². The van der Waals surface area contributed by atoms with Crippen LogP contribution < -0.4 is 0 Å². The summed E-state index contributed by atoms with van der Waals surface area (Å²) in [5, 5.41) is 30.5. The van der Waals surface area contributed by atoms with E-state index in [0.29, 0.717) is 45.2 Å². The van der Waals surface area contributed by atoms with Gasteiger partial charge in [0.05, 0.1) is 80.4 Å². The van der Waals surface area contributed by atoms with E-state index in [-0.39, 0.29) is 32.5 Å². The quantitative estimate of drug-likeness (QED) is 0.122. The zero-order valence-electron chi connectivity index (χ0n) is 68.5. The molecule has 12 aromatic rings. The minimum absolute atomic E-state index is 0.177. The molecule has 4 aliphatic rings. The highest BCUT2D eigenvalue weighted by Crippen LogP contribution is 2.47. The highest BCUT2D eigenvalue weighted by molar-refractivity contribution is 6.06. The van der Waals surface area contributed by atoms with Crippen molar-refractivity contribution in [3.8, 4) is 96.1 Å². The highest BCUT2D eigenvalue weighted by Gasteiger charge is 2.30. The third-order valence-corrected chi connectivity index (χ3v) is 22.5. The summed E-state index contributed by atoms with van der Waals surface area (Å²) in [5.74, 6) is 0. The molecule has 0 unspecified atom stereocenters. The topological polar surface area (TPSA) is 186 Å². The van der Waals surface area contributed by atoms with Gasteiger partial charge in [-0.1, -0.05) is 216 Å². The Hall–Kier alpha value is -13.0. The molecule has 0 spiro atoms. The maximum Gasteiger partial charge on any atom is 0.0991 e. The normalized spacial score (nSPS) is 13.0. The standard InChI is InChI=1S/C103H95N11/c1-98(2,3)68-47-65(48-69(53-68)99(4,5)6)93-80-35-37-82(109-80)94(66-49-70(100(7,8)9)54-71(50-66)101(10,11)12)84-41-45-88(113-84)97(89-46-42-85(114-89)95(83-38-36-81(93)110-83)67-51-72(102(13,14)15)55-73(52-67)103(16,17)18)96-86-43-39-78(111-86)91(63-27-21-60(57-105)22-28-63)76-33-31-74(107-76)90(62-25-19-59(56-104)20-26-62)75-32-34-77(108-75)92(79-40-44-87(96)112-79)64-29-23-61(58-106)24-30-64/h19-55,107,109,112,114H,1-18H3. The van der Waals surface area contributed by atoms with Crippen LogP contribution in [0.5, 0.6) is 0 Å². The van der Waals surface area contributed by atoms with Gasteiger partial charge in [-0.05, 0) is 233 Å². The summed E-state index contributed by atoms with van der Waals surface area (Å²) in [6.07, 6.45) is 17.1. The maximum atomic E-state index is 10.2. The van der Waals surface area contributed by atoms with Gasteiger partial charge in [0.2, 0.25) is 0 Å². The van der Waals surface area contributed by atoms with Crippen molar-refractivity contribution in [1.82, 2.24) is 39.9 Å². The zero-order chi connectivity index (χ0) is 80.5. The van der Waals surface area contributed by atoms with Crippen molar-refractivity contribution < 1.29 is 0 Å². The van der Waals surface area contributed by atoms with E-state index >= 15 is 0 Å². The SMILES string of the molecule is CC(C)(C)c1cc(-c2c3nc(c(-c4cc(C(C)(C)C)cc(C(C)(C)C)c4)c4ccc([nH]4)c(-c4c5nc(c(-c6ccc(C#N)cc6)c6ccc([nH]6)c(-c6ccc(C#N)cc6)c6nc(c(-c7ccc(C#N)cc7)c7ccc4[nH]7)C=C6)C=C5)c4nc(c(-c5cc(C(C)(C)C)cc(C(C)(C)C)c5)c5ccc2[nH]5)C=C4)C=C3)cc(C(C)(C)C)c1. The molecule has 0 fully saturated rings. The lowest BCUT2D eigenvalue weighted by Gasteiger charge is -2.26. The first kappa shape index (κ1) is 75.0. The Morgan fingerprint density at radius 3 is 0.526 bits per heavy atom. The minimum atomic E-state index is -0.219. The molecule has 10 heterocycles. The van der Waals surface area contributed by atoms with Crippen molar-refractivity contribution in [1.29, 1.82) is 15.8 Å². The summed E-state index contributed by atoms with van der Waals surface area (Å²) in [5.41, 5.74) is 32.6. The van der Waals surface area contributed by atoms with Crippen LogP contribution in [0, 0.1) is 34.0 Å². The molecule has 0 saturated heterocycles. The highest BCUT2D eigenvalue weighted by atomic mass is 14.8. The molecule has 16 bridgehead atoms. The predicted molar refractivity (Wildman–Crippen MR) is 476 cm³/mol. The Morgan fingerprint density at radius 2 is 0.360 bits per heavy atom. The van der Waals surface area contributed by atoms with E-state index in [2.05, 4.69) is 308 Å². The van der Waals surface area contributed by atoms with Gasteiger partial charge >= 0.3 is 0 Å². The molecule has 4 aliphatic heterocycles. The Morgan fingerprint density at radius 1 is 0.202 bits per heavy atom. The van der Waals surface area contributed by atoms with Gasteiger partial charge in [0, 0.05) is 88.6 Å². The second kappa shape index (κ2) is 27.7. The van der Waals surface area contributed by atoms with Gasteiger partial charge in [0.15, 0.2) is 0 Å². The molecule has 114 heavy (non-hydrogen) atoms. The fraction of sp³-hybridized carbons (Fsp3) is 0.233. The lowest BCUT2D eigenvalue weighted by Crippen LogP contribution is -2.16. The van der Waals surface area contributed by atoms with Gasteiger partial charge in [-0.3, -0.25) is 0 Å². The van der Waals surface area contributed by atoms with Crippen molar-refractivity contribution in [3.63, 3.8) is 0 Å². The smallest absolute Gasteiger partial charge is 0.0991 e. The third-order valence-electron chi connectivity index (χ3n) is 22.5. The third kappa shape index (κ3) is 14.2. The molecule has 0 amide bonds. The Bertz CT molecular complexity index is 6410. The van der Waals surface area contributed by atoms with Crippen LogP contribution in [-0.2, 0) is 32.5 Å². The number of aromatic nitrogens is 8. The summed E-state index contributed by atoms with van der Waals surface area (Å²) < 4.78 is 0. The van der Waals surface area contributed by atoms with Crippen LogP contribution in [0.4, 0.5) is 0 Å². The van der Waals surface area contributed by atoms with E-state index in [1.165, 1.54) is 33.4 Å². The van der Waals surface area contributed by atoms with Crippen molar-refractivity contribution in [2.45, 2.75) is 157 Å². The number of H-pyrrole nitrogens is 4. The molecule has 0 aliphatic carbocycles. The van der Waals surface area contributed by atoms with Crippen LogP contribution in [0.1, 0.15) is 220 Å². The molecule has 16 rings (SSSR count). The summed E-state index contributed by atoms with van der Waals surface area (Å²) >= 11 is 0. The lowest BCUT2D eigenvalue weighted by molar-refractivity contribution is 0.568. The second-order valence-corrected chi connectivity index (χ2v) is 37.0. The number of hydrogen-bond acceptors (Lipinski definition) is 7. The van der Waals surface area contributed by atoms with E-state index in [0.717, 1.165) is 139 Å². The van der Waals surface area contributed by atoms with Gasteiger partial charge in [-0.25, -0.2) is 19.9 Å². The Kier molecular flexibility index (Phi) is 18.3. The monoisotopic (exact) mass is 1490 g/mol. The molecular weight excluding hydrogens is 1390 g/mol. The van der Waals surface area contributed by atoms with Gasteiger partial charge in [-0.15, -0.1) is 0 Å². The number of aromatic amines is 4. The van der Waals surface area contributed by atoms with E-state index < -0.39 is 0 Å². The fourth-order valence-corrected chi connectivity index (χ4v) is 15.8. The number of nitrogens with zero attached hydrogens (tertiary/aromatic N) is 7. The molecule has 0 radical (unpaired) electrons. The van der Waals surface area contributed by atoms with Crippen LogP contribution in [0.25, 0.3) is 171 Å². The Labute approximate surface area is 669 Å². The fourth-order valence-electron chi connectivity index (χ4n) is 15.8. The van der Waals surface area contributed by atoms with E-state index in [1.807, 2.05) is 78.9 Å². The predicted octanol–water partition coefficient (Wildman–Crippen LogP) is 26.7. The lowest BCUT2D eigenvalue weighted by atomic mass is 9.78. The van der Waals surface area contributed by atoms with E-state index in [4.69, 9.17) is 19.9 Å². The maximum absolute atomic E-state index is 10.2.